The summed E-state index contributed by atoms with van der Waals surface area (Å²) < 4.78 is 12.8. The largest absolute Gasteiger partial charge is 0.358 e. The van der Waals surface area contributed by atoms with Crippen molar-refractivity contribution in [1.29, 1.82) is 0 Å². The van der Waals surface area contributed by atoms with E-state index < -0.39 is 17.5 Å². The van der Waals surface area contributed by atoms with Crippen LogP contribution in [0.2, 0.25) is 0 Å². The van der Waals surface area contributed by atoms with E-state index in [1.807, 2.05) is 6.92 Å². The van der Waals surface area contributed by atoms with Gasteiger partial charge in [0.15, 0.2) is 0 Å². The Morgan fingerprint density at radius 2 is 2.23 bits per heavy atom. The fourth-order valence-corrected chi connectivity index (χ4v) is 3.07. The van der Waals surface area contributed by atoms with Gasteiger partial charge in [0.05, 0.1) is 12.6 Å². The number of aromatic nitrogens is 2. The maximum absolute atomic E-state index is 12.0. The lowest BCUT2D eigenvalue weighted by atomic mass is 10.1. The normalized spacial score (nSPS) is 32.1. The Morgan fingerprint density at radius 3 is 2.95 bits per heavy atom. The molecule has 0 bridgehead atoms. The molecule has 2 aliphatic heterocycles. The molecular formula is C14H21N3O5. The number of rotatable bonds is 3. The van der Waals surface area contributed by atoms with Crippen LogP contribution in [0.5, 0.6) is 0 Å². The smallest absolute Gasteiger partial charge is 0.330 e. The molecule has 3 heterocycles. The fraction of sp³-hybridized carbons (Fsp3) is 0.714. The van der Waals surface area contributed by atoms with E-state index in [1.54, 1.807) is 6.92 Å². The molecule has 1 aromatic heterocycles. The van der Waals surface area contributed by atoms with Gasteiger partial charge in [-0.05, 0) is 13.3 Å². The molecule has 2 saturated heterocycles. The molecule has 0 amide bonds. The van der Waals surface area contributed by atoms with E-state index in [4.69, 9.17) is 9.47 Å². The number of nitrogens with one attached hydrogen (secondary N) is 1. The maximum atomic E-state index is 12.0. The Bertz CT molecular complexity index is 655. The Morgan fingerprint density at radius 1 is 1.45 bits per heavy atom. The van der Waals surface area contributed by atoms with E-state index in [0.717, 1.165) is 12.8 Å². The predicted octanol–water partition coefficient (Wildman–Crippen LogP) is 0.349. The summed E-state index contributed by atoms with van der Waals surface area (Å²) in [4.78, 5) is 25.7. The summed E-state index contributed by atoms with van der Waals surface area (Å²) >= 11 is 0. The Balaban J connectivity index is 1.82. The highest BCUT2D eigenvalue weighted by Gasteiger charge is 2.45. The molecule has 0 spiro atoms. The molecule has 2 N–H and O–H groups in total. The number of hydroxylamine groups is 2. The monoisotopic (exact) mass is 311 g/mol. The topological polar surface area (TPSA) is 96.8 Å². The van der Waals surface area contributed by atoms with Gasteiger partial charge in [-0.1, -0.05) is 13.3 Å². The lowest BCUT2D eigenvalue weighted by Crippen LogP contribution is -2.53. The van der Waals surface area contributed by atoms with Crippen LogP contribution in [0.4, 0.5) is 0 Å². The highest BCUT2D eigenvalue weighted by atomic mass is 16.6. The lowest BCUT2D eigenvalue weighted by molar-refractivity contribution is -0.286. The number of H-pyrrole nitrogens is 1. The van der Waals surface area contributed by atoms with Gasteiger partial charge >= 0.3 is 5.69 Å². The number of aryl methyl sites for hydroxylation is 1. The van der Waals surface area contributed by atoms with Crippen molar-refractivity contribution in [1.82, 2.24) is 14.6 Å². The van der Waals surface area contributed by atoms with E-state index in [1.165, 1.54) is 15.8 Å². The van der Waals surface area contributed by atoms with Crippen molar-refractivity contribution >= 4 is 0 Å². The van der Waals surface area contributed by atoms with E-state index in [2.05, 4.69) is 4.98 Å². The van der Waals surface area contributed by atoms with Crippen LogP contribution >= 0.6 is 0 Å². The van der Waals surface area contributed by atoms with Gasteiger partial charge in [-0.15, -0.1) is 0 Å². The van der Waals surface area contributed by atoms with Gasteiger partial charge in [0.25, 0.3) is 5.56 Å². The van der Waals surface area contributed by atoms with Gasteiger partial charge in [0.2, 0.25) is 0 Å². The molecule has 3 rings (SSSR count). The Labute approximate surface area is 127 Å². The zero-order valence-corrected chi connectivity index (χ0v) is 12.7. The second-order valence-electron chi connectivity index (χ2n) is 5.87. The predicted molar refractivity (Wildman–Crippen MR) is 76.6 cm³/mol. The van der Waals surface area contributed by atoms with Crippen molar-refractivity contribution in [3.8, 4) is 0 Å². The van der Waals surface area contributed by atoms with Crippen LogP contribution in [0.3, 0.4) is 0 Å². The van der Waals surface area contributed by atoms with E-state index in [9.17, 15) is 14.8 Å². The minimum absolute atomic E-state index is 0.213. The third-order valence-electron chi connectivity index (χ3n) is 4.28. The van der Waals surface area contributed by atoms with Gasteiger partial charge in [0, 0.05) is 18.2 Å². The average Bonchev–Trinajstić information content (AvgIpc) is 2.91. The summed E-state index contributed by atoms with van der Waals surface area (Å²) in [5.41, 5.74) is -0.458. The molecule has 0 saturated carbocycles. The zero-order chi connectivity index (χ0) is 15.9. The molecule has 0 aliphatic carbocycles. The second-order valence-corrected chi connectivity index (χ2v) is 5.87. The summed E-state index contributed by atoms with van der Waals surface area (Å²) in [6.07, 6.45) is 2.47. The minimum Gasteiger partial charge on any atom is -0.358 e. The first-order chi connectivity index (χ1) is 10.5. The van der Waals surface area contributed by atoms with Crippen LogP contribution in [0.15, 0.2) is 15.8 Å². The zero-order valence-electron chi connectivity index (χ0n) is 12.7. The fourth-order valence-electron chi connectivity index (χ4n) is 3.07. The van der Waals surface area contributed by atoms with Gasteiger partial charge in [-0.25, -0.2) is 4.79 Å². The van der Waals surface area contributed by atoms with Crippen molar-refractivity contribution in [2.45, 2.75) is 57.7 Å². The summed E-state index contributed by atoms with van der Waals surface area (Å²) in [6, 6.07) is -0.213. The first kappa shape index (κ1) is 15.4. The number of fused-ring (bicyclic) bond motifs is 1. The Kier molecular flexibility index (Phi) is 4.18. The van der Waals surface area contributed by atoms with Crippen LogP contribution in [0.1, 0.15) is 38.0 Å². The highest BCUT2D eigenvalue weighted by Crippen LogP contribution is 2.35. The third-order valence-corrected chi connectivity index (χ3v) is 4.28. The van der Waals surface area contributed by atoms with Crippen molar-refractivity contribution < 1.29 is 14.7 Å². The molecule has 22 heavy (non-hydrogen) atoms. The van der Waals surface area contributed by atoms with Crippen LogP contribution in [-0.4, -0.2) is 44.8 Å². The number of nitrogens with zero attached hydrogens (tertiary/aromatic N) is 2. The van der Waals surface area contributed by atoms with Crippen molar-refractivity contribution in [2.75, 3.05) is 6.61 Å². The molecule has 2 unspecified atom stereocenters. The summed E-state index contributed by atoms with van der Waals surface area (Å²) in [6.45, 7) is 4.05. The van der Waals surface area contributed by atoms with Gasteiger partial charge in [-0.2, -0.15) is 5.06 Å². The number of hydrogen-bond donors (Lipinski definition) is 2. The number of hydrogen-bond acceptors (Lipinski definition) is 6. The molecule has 122 valence electrons. The standard InChI is InChI=1S/C14H21N3O5/c1-3-4-11-17(20)9-5-12(22-10(9)7-21-11)16-6-8(2)13(18)15-14(16)19/h6,9-12,20H,3-5,7H2,1-2H3,(H,15,18,19)/t9-,10-,11?,12?/m1/s1. The van der Waals surface area contributed by atoms with E-state index in [-0.39, 0.29) is 18.4 Å². The molecule has 4 atom stereocenters. The molecule has 2 fully saturated rings. The van der Waals surface area contributed by atoms with Crippen molar-refractivity contribution in [3.05, 3.63) is 32.6 Å². The molecule has 0 radical (unpaired) electrons. The molecule has 8 nitrogen and oxygen atoms in total. The maximum Gasteiger partial charge on any atom is 0.330 e. The van der Waals surface area contributed by atoms with Crippen LogP contribution < -0.4 is 11.2 Å². The molecule has 0 aromatic carbocycles. The SMILES string of the molecule is CCCC1OC[C@H]2OC(n3cc(C)c(=O)[nH]c3=O)C[C@H]2N1O. The first-order valence-corrected chi connectivity index (χ1v) is 7.57. The first-order valence-electron chi connectivity index (χ1n) is 7.57. The van der Waals surface area contributed by atoms with Crippen LogP contribution in [-0.2, 0) is 9.47 Å². The summed E-state index contributed by atoms with van der Waals surface area (Å²) in [5.74, 6) is 0. The third kappa shape index (κ3) is 2.63. The average molecular weight is 311 g/mol. The highest BCUT2D eigenvalue weighted by molar-refractivity contribution is 5.02. The van der Waals surface area contributed by atoms with Gasteiger partial charge in [-0.3, -0.25) is 14.3 Å². The summed E-state index contributed by atoms with van der Waals surface area (Å²) in [5, 5.41) is 11.5. The quantitative estimate of drug-likeness (QED) is 0.836. The molecule has 2 aliphatic rings. The lowest BCUT2D eigenvalue weighted by Gasteiger charge is -2.38. The van der Waals surface area contributed by atoms with Crippen LogP contribution in [0.25, 0.3) is 0 Å². The van der Waals surface area contributed by atoms with Crippen LogP contribution in [0, 0.1) is 6.92 Å². The Hall–Kier alpha value is -1.48. The van der Waals surface area contributed by atoms with Crippen molar-refractivity contribution in [2.24, 2.45) is 0 Å². The molecule has 8 heteroatoms. The molecule has 1 aromatic rings. The van der Waals surface area contributed by atoms with Gasteiger partial charge in [0.1, 0.15) is 18.6 Å². The number of aromatic amines is 1. The molecular weight excluding hydrogens is 290 g/mol. The minimum atomic E-state index is -0.517. The van der Waals surface area contributed by atoms with Crippen molar-refractivity contribution in [3.63, 3.8) is 0 Å². The number of ether oxygens (including phenoxy) is 2. The summed E-state index contributed by atoms with van der Waals surface area (Å²) in [7, 11) is 0. The second kappa shape index (κ2) is 5.96. The van der Waals surface area contributed by atoms with E-state index >= 15 is 0 Å². The van der Waals surface area contributed by atoms with E-state index in [0.29, 0.717) is 18.6 Å². The van der Waals surface area contributed by atoms with Gasteiger partial charge < -0.3 is 14.7 Å².